The molecule has 2 rings (SSSR count). The summed E-state index contributed by atoms with van der Waals surface area (Å²) in [4.78, 5) is 4.39. The van der Waals surface area contributed by atoms with Crippen molar-refractivity contribution >= 4 is 29.9 Å². The zero-order chi connectivity index (χ0) is 16.3. The fourth-order valence-electron chi connectivity index (χ4n) is 2.48. The van der Waals surface area contributed by atoms with Gasteiger partial charge >= 0.3 is 0 Å². The van der Waals surface area contributed by atoms with Crippen molar-refractivity contribution in [1.29, 1.82) is 0 Å². The normalized spacial score (nSPS) is 16.7. The van der Waals surface area contributed by atoms with E-state index in [4.69, 9.17) is 19.9 Å². The van der Waals surface area contributed by atoms with Crippen LogP contribution in [0.4, 0.5) is 0 Å². The monoisotopic (exact) mass is 449 g/mol. The van der Waals surface area contributed by atoms with Crippen LogP contribution in [0.2, 0.25) is 0 Å². The Bertz CT molecular complexity index is 500. The number of nitrogens with two attached hydrogens (primary N) is 1. The van der Waals surface area contributed by atoms with Gasteiger partial charge in [0.05, 0.1) is 25.9 Å². The predicted octanol–water partition coefficient (Wildman–Crippen LogP) is 2.48. The number of unbranched alkanes of at least 4 members (excludes halogenated alkanes) is 1. The maximum Gasteiger partial charge on any atom is 0.189 e. The van der Waals surface area contributed by atoms with Crippen LogP contribution >= 0.6 is 24.0 Å². The fraction of sp³-hybridized carbons (Fsp3) is 0.588. The summed E-state index contributed by atoms with van der Waals surface area (Å²) in [6.07, 6.45) is 2.82. The average molecular weight is 449 g/mol. The number of hydrogen-bond donors (Lipinski definition) is 2. The molecule has 1 aromatic rings. The number of fused-ring (bicyclic) bond motifs is 1. The van der Waals surface area contributed by atoms with E-state index in [1.807, 2.05) is 18.2 Å². The third-order valence-corrected chi connectivity index (χ3v) is 3.69. The van der Waals surface area contributed by atoms with Gasteiger partial charge in [0.2, 0.25) is 0 Å². The third kappa shape index (κ3) is 7.23. The molecule has 0 aromatic heterocycles. The standard InChI is InChI=1S/C17H27N3O3.HI/c1-21-12-13-22-10-5-4-9-19-17(18)20-15-8-11-23-16-7-3-2-6-14(15)16;/h2-3,6-7,15H,4-5,8-13H2,1H3,(H3,18,19,20);1H. The Hall–Kier alpha value is -1.06. The van der Waals surface area contributed by atoms with Crippen molar-refractivity contribution in [2.75, 3.05) is 40.1 Å². The zero-order valence-electron chi connectivity index (χ0n) is 14.2. The maximum absolute atomic E-state index is 5.99. The lowest BCUT2D eigenvalue weighted by molar-refractivity contribution is 0.0690. The largest absolute Gasteiger partial charge is 0.493 e. The number of para-hydroxylation sites is 1. The van der Waals surface area contributed by atoms with Gasteiger partial charge in [0, 0.05) is 32.2 Å². The number of ether oxygens (including phenoxy) is 3. The summed E-state index contributed by atoms with van der Waals surface area (Å²) in [5.74, 6) is 1.42. The minimum absolute atomic E-state index is 0. The molecule has 1 aliphatic rings. The molecule has 0 amide bonds. The van der Waals surface area contributed by atoms with E-state index < -0.39 is 0 Å². The Kier molecular flexibility index (Phi) is 10.8. The van der Waals surface area contributed by atoms with Crippen molar-refractivity contribution in [2.45, 2.75) is 25.3 Å². The van der Waals surface area contributed by atoms with Crippen LogP contribution in [0.3, 0.4) is 0 Å². The van der Waals surface area contributed by atoms with Gasteiger partial charge in [0.25, 0.3) is 0 Å². The summed E-state index contributed by atoms with van der Waals surface area (Å²) in [5, 5.41) is 3.29. The van der Waals surface area contributed by atoms with Crippen molar-refractivity contribution in [3.63, 3.8) is 0 Å². The molecule has 3 N–H and O–H groups in total. The Balaban J connectivity index is 0.00000288. The predicted molar refractivity (Wildman–Crippen MR) is 106 cm³/mol. The van der Waals surface area contributed by atoms with Gasteiger partial charge in [-0.25, -0.2) is 0 Å². The number of halogens is 1. The van der Waals surface area contributed by atoms with Crippen molar-refractivity contribution in [3.8, 4) is 5.75 Å². The first-order valence-corrected chi connectivity index (χ1v) is 8.16. The summed E-state index contributed by atoms with van der Waals surface area (Å²) in [5.41, 5.74) is 7.13. The minimum Gasteiger partial charge on any atom is -0.493 e. The van der Waals surface area contributed by atoms with Crippen LogP contribution in [0.5, 0.6) is 5.75 Å². The number of benzene rings is 1. The van der Waals surface area contributed by atoms with E-state index >= 15 is 0 Å². The molecular weight excluding hydrogens is 421 g/mol. The van der Waals surface area contributed by atoms with Crippen LogP contribution in [-0.4, -0.2) is 46.0 Å². The van der Waals surface area contributed by atoms with E-state index in [0.29, 0.717) is 32.3 Å². The zero-order valence-corrected chi connectivity index (χ0v) is 16.5. The smallest absolute Gasteiger partial charge is 0.189 e. The maximum atomic E-state index is 5.99. The van der Waals surface area contributed by atoms with Crippen LogP contribution in [0.25, 0.3) is 0 Å². The second-order valence-electron chi connectivity index (χ2n) is 5.45. The second kappa shape index (κ2) is 12.3. The molecule has 24 heavy (non-hydrogen) atoms. The molecule has 0 bridgehead atoms. The number of methoxy groups -OCH3 is 1. The van der Waals surface area contributed by atoms with Gasteiger partial charge in [-0.15, -0.1) is 24.0 Å². The topological polar surface area (TPSA) is 78.1 Å². The molecule has 1 unspecified atom stereocenters. The lowest BCUT2D eigenvalue weighted by atomic mass is 10.0. The summed E-state index contributed by atoms with van der Waals surface area (Å²) < 4.78 is 16.0. The average Bonchev–Trinajstić information content (AvgIpc) is 2.57. The van der Waals surface area contributed by atoms with E-state index in [-0.39, 0.29) is 30.0 Å². The molecule has 7 heteroatoms. The van der Waals surface area contributed by atoms with E-state index in [1.165, 1.54) is 0 Å². The number of rotatable bonds is 9. The lowest BCUT2D eigenvalue weighted by Gasteiger charge is -2.26. The lowest BCUT2D eigenvalue weighted by Crippen LogP contribution is -2.37. The van der Waals surface area contributed by atoms with Gasteiger partial charge in [-0.3, -0.25) is 4.99 Å². The van der Waals surface area contributed by atoms with E-state index in [0.717, 1.165) is 37.2 Å². The van der Waals surface area contributed by atoms with Crippen LogP contribution in [0, 0.1) is 0 Å². The second-order valence-corrected chi connectivity index (χ2v) is 5.45. The first-order valence-electron chi connectivity index (χ1n) is 8.16. The summed E-state index contributed by atoms with van der Waals surface area (Å²) in [6, 6.07) is 8.21. The Morgan fingerprint density at radius 1 is 1.29 bits per heavy atom. The van der Waals surface area contributed by atoms with Crippen LogP contribution in [0.15, 0.2) is 29.3 Å². The van der Waals surface area contributed by atoms with Gasteiger partial charge in [0.1, 0.15) is 5.75 Å². The van der Waals surface area contributed by atoms with Gasteiger partial charge < -0.3 is 25.3 Å². The molecule has 0 fully saturated rings. The highest BCUT2D eigenvalue weighted by Gasteiger charge is 2.20. The number of aliphatic imine (C=N–C) groups is 1. The summed E-state index contributed by atoms with van der Waals surface area (Å²) in [6.45, 7) is 3.42. The Labute approximate surface area is 161 Å². The molecule has 1 aromatic carbocycles. The molecule has 1 atom stereocenters. The fourth-order valence-corrected chi connectivity index (χ4v) is 2.48. The number of hydrogen-bond acceptors (Lipinski definition) is 4. The first kappa shape index (κ1) is 21.0. The number of guanidine groups is 1. The Morgan fingerprint density at radius 3 is 2.96 bits per heavy atom. The quantitative estimate of drug-likeness (QED) is 0.262. The molecule has 0 saturated carbocycles. The van der Waals surface area contributed by atoms with Crippen molar-refractivity contribution in [2.24, 2.45) is 10.7 Å². The molecule has 1 aliphatic heterocycles. The molecule has 0 spiro atoms. The Morgan fingerprint density at radius 2 is 2.12 bits per heavy atom. The molecule has 1 heterocycles. The van der Waals surface area contributed by atoms with Crippen molar-refractivity contribution in [1.82, 2.24) is 5.32 Å². The van der Waals surface area contributed by atoms with Crippen LogP contribution in [-0.2, 0) is 9.47 Å². The van der Waals surface area contributed by atoms with Crippen LogP contribution < -0.4 is 15.8 Å². The van der Waals surface area contributed by atoms with E-state index in [1.54, 1.807) is 7.11 Å². The molecular formula is C17H28IN3O3. The molecule has 136 valence electrons. The van der Waals surface area contributed by atoms with Gasteiger partial charge in [0.15, 0.2) is 5.96 Å². The highest BCUT2D eigenvalue weighted by Crippen LogP contribution is 2.31. The van der Waals surface area contributed by atoms with Crippen LogP contribution in [0.1, 0.15) is 30.9 Å². The SMILES string of the molecule is COCCOCCCCN=C(N)NC1CCOc2ccccc21.I. The first-order chi connectivity index (χ1) is 11.3. The van der Waals surface area contributed by atoms with Gasteiger partial charge in [-0.05, 0) is 18.9 Å². The molecule has 0 saturated heterocycles. The number of nitrogens with zero attached hydrogens (tertiary/aromatic N) is 1. The third-order valence-electron chi connectivity index (χ3n) is 3.69. The highest BCUT2D eigenvalue weighted by atomic mass is 127. The van der Waals surface area contributed by atoms with E-state index in [9.17, 15) is 0 Å². The summed E-state index contributed by atoms with van der Waals surface area (Å²) in [7, 11) is 1.67. The molecule has 0 radical (unpaired) electrons. The van der Waals surface area contributed by atoms with E-state index in [2.05, 4.69) is 16.4 Å². The van der Waals surface area contributed by atoms with Crippen molar-refractivity contribution < 1.29 is 14.2 Å². The minimum atomic E-state index is 0. The summed E-state index contributed by atoms with van der Waals surface area (Å²) >= 11 is 0. The van der Waals surface area contributed by atoms with Gasteiger partial charge in [-0.1, -0.05) is 18.2 Å². The highest BCUT2D eigenvalue weighted by molar-refractivity contribution is 14.0. The number of nitrogens with one attached hydrogen (secondary N) is 1. The molecule has 0 aliphatic carbocycles. The van der Waals surface area contributed by atoms with Crippen molar-refractivity contribution in [3.05, 3.63) is 29.8 Å². The van der Waals surface area contributed by atoms with Gasteiger partial charge in [-0.2, -0.15) is 0 Å². The molecule has 6 nitrogen and oxygen atoms in total.